The summed E-state index contributed by atoms with van der Waals surface area (Å²) in [5, 5.41) is 15.6. The number of carbonyl (C=O) groups is 1. The molecule has 0 spiro atoms. The van der Waals surface area contributed by atoms with E-state index >= 15 is 0 Å². The fourth-order valence-corrected chi connectivity index (χ4v) is 2.30. The van der Waals surface area contributed by atoms with E-state index in [1.54, 1.807) is 18.2 Å². The summed E-state index contributed by atoms with van der Waals surface area (Å²) >= 11 is 0. The molecular weight excluding hydrogens is 322 g/mol. The first-order valence-electron chi connectivity index (χ1n) is 7.94. The number of nitriles is 1. The minimum Gasteiger partial charge on any atom is -0.493 e. The summed E-state index contributed by atoms with van der Waals surface area (Å²) in [6, 6.07) is 7.01. The number of aromatic nitrogens is 1. The molecule has 0 aliphatic carbocycles. The predicted octanol–water partition coefficient (Wildman–Crippen LogP) is 2.65. The van der Waals surface area contributed by atoms with Crippen LogP contribution in [0.5, 0.6) is 11.5 Å². The number of hydrogen-bond donors (Lipinski definition) is 1. The van der Waals surface area contributed by atoms with Gasteiger partial charge in [0.15, 0.2) is 11.5 Å². The van der Waals surface area contributed by atoms with Crippen molar-refractivity contribution in [1.29, 1.82) is 5.26 Å². The van der Waals surface area contributed by atoms with Gasteiger partial charge in [0.05, 0.1) is 31.0 Å². The van der Waals surface area contributed by atoms with Gasteiger partial charge in [0.25, 0.3) is 0 Å². The molecule has 1 amide bonds. The maximum atomic E-state index is 11.9. The maximum absolute atomic E-state index is 11.9. The van der Waals surface area contributed by atoms with Crippen LogP contribution in [0.25, 0.3) is 0 Å². The van der Waals surface area contributed by atoms with Crippen molar-refractivity contribution in [3.05, 3.63) is 40.8 Å². The number of amides is 1. The first-order chi connectivity index (χ1) is 12.0. The van der Waals surface area contributed by atoms with E-state index in [2.05, 4.69) is 10.5 Å². The molecule has 0 radical (unpaired) electrons. The largest absolute Gasteiger partial charge is 0.493 e. The molecule has 2 rings (SSSR count). The normalized spacial score (nSPS) is 10.2. The van der Waals surface area contributed by atoms with Crippen molar-refractivity contribution < 1.29 is 18.8 Å². The van der Waals surface area contributed by atoms with Crippen LogP contribution in [0.1, 0.15) is 35.4 Å². The zero-order valence-corrected chi connectivity index (χ0v) is 14.6. The Morgan fingerprint density at radius 3 is 2.80 bits per heavy atom. The van der Waals surface area contributed by atoms with Gasteiger partial charge in [-0.2, -0.15) is 5.26 Å². The fourth-order valence-electron chi connectivity index (χ4n) is 2.30. The molecule has 0 atom stereocenters. The predicted molar refractivity (Wildman–Crippen MR) is 90.3 cm³/mol. The van der Waals surface area contributed by atoms with Crippen molar-refractivity contribution in [2.45, 2.75) is 33.2 Å². The molecule has 1 N–H and O–H groups in total. The molecule has 25 heavy (non-hydrogen) atoms. The lowest BCUT2D eigenvalue weighted by Crippen LogP contribution is -2.23. The molecule has 0 bridgehead atoms. The second-order valence-electron chi connectivity index (χ2n) is 5.51. The fraction of sp³-hybridized carbons (Fsp3) is 0.389. The average molecular weight is 343 g/mol. The Morgan fingerprint density at radius 2 is 2.16 bits per heavy atom. The molecule has 0 fully saturated rings. The molecule has 2 aromatic rings. The van der Waals surface area contributed by atoms with Crippen LogP contribution in [0.15, 0.2) is 22.7 Å². The zero-order chi connectivity index (χ0) is 18.2. The molecule has 0 saturated carbocycles. The van der Waals surface area contributed by atoms with Crippen LogP contribution < -0.4 is 14.8 Å². The van der Waals surface area contributed by atoms with Crippen LogP contribution in [0.4, 0.5) is 0 Å². The van der Waals surface area contributed by atoms with Gasteiger partial charge in [-0.25, -0.2) is 0 Å². The van der Waals surface area contributed by atoms with Gasteiger partial charge >= 0.3 is 0 Å². The highest BCUT2D eigenvalue weighted by atomic mass is 16.5. The maximum Gasteiger partial charge on any atom is 0.220 e. The van der Waals surface area contributed by atoms with Gasteiger partial charge < -0.3 is 19.3 Å². The second kappa shape index (κ2) is 8.73. The smallest absolute Gasteiger partial charge is 0.220 e. The Morgan fingerprint density at radius 1 is 1.36 bits per heavy atom. The zero-order valence-electron chi connectivity index (χ0n) is 14.6. The third kappa shape index (κ3) is 4.98. The van der Waals surface area contributed by atoms with Crippen molar-refractivity contribution in [3.63, 3.8) is 0 Å². The number of rotatable bonds is 8. The Kier molecular flexibility index (Phi) is 6.40. The minimum atomic E-state index is -0.0598. The molecular formula is C18H21N3O4. The highest BCUT2D eigenvalue weighted by Gasteiger charge is 2.10. The van der Waals surface area contributed by atoms with Gasteiger partial charge in [-0.3, -0.25) is 4.79 Å². The number of aryl methyl sites for hydroxylation is 2. The molecule has 7 nitrogen and oxygen atoms in total. The molecule has 0 unspecified atom stereocenters. The highest BCUT2D eigenvalue weighted by molar-refractivity contribution is 5.75. The summed E-state index contributed by atoms with van der Waals surface area (Å²) in [6.07, 6.45) is 0.915. The summed E-state index contributed by atoms with van der Waals surface area (Å²) in [5.74, 6) is 1.71. The standard InChI is InChI=1S/C18H21N3O4/c1-12-15(13(2)25-21-12)11-20-18(22)5-4-8-24-16-7-6-14(10-19)9-17(16)23-3/h6-7,9H,4-5,8,11H2,1-3H3,(H,20,22). The van der Waals surface area contributed by atoms with Crippen LogP contribution in [0.3, 0.4) is 0 Å². The van der Waals surface area contributed by atoms with E-state index in [0.29, 0.717) is 48.8 Å². The number of benzene rings is 1. The van der Waals surface area contributed by atoms with Crippen LogP contribution >= 0.6 is 0 Å². The van der Waals surface area contributed by atoms with Gasteiger partial charge in [-0.05, 0) is 32.4 Å². The molecule has 132 valence electrons. The van der Waals surface area contributed by atoms with Crippen LogP contribution in [0.2, 0.25) is 0 Å². The molecule has 1 aromatic heterocycles. The Labute approximate surface area is 146 Å². The number of hydrogen-bond acceptors (Lipinski definition) is 6. The SMILES string of the molecule is COc1cc(C#N)ccc1OCCCC(=O)NCc1c(C)noc1C. The summed E-state index contributed by atoms with van der Waals surface area (Å²) in [7, 11) is 1.52. The lowest BCUT2D eigenvalue weighted by atomic mass is 10.2. The van der Waals surface area contributed by atoms with Crippen molar-refractivity contribution in [2.75, 3.05) is 13.7 Å². The van der Waals surface area contributed by atoms with E-state index in [1.807, 2.05) is 19.9 Å². The third-order valence-corrected chi connectivity index (χ3v) is 3.74. The number of nitrogens with one attached hydrogen (secondary N) is 1. The monoisotopic (exact) mass is 343 g/mol. The van der Waals surface area contributed by atoms with E-state index < -0.39 is 0 Å². The summed E-state index contributed by atoms with van der Waals surface area (Å²) in [5.41, 5.74) is 2.20. The summed E-state index contributed by atoms with van der Waals surface area (Å²) < 4.78 is 15.9. The van der Waals surface area contributed by atoms with Crippen molar-refractivity contribution in [1.82, 2.24) is 10.5 Å². The third-order valence-electron chi connectivity index (χ3n) is 3.74. The topological polar surface area (TPSA) is 97.4 Å². The number of nitrogens with zero attached hydrogens (tertiary/aromatic N) is 2. The second-order valence-corrected chi connectivity index (χ2v) is 5.51. The van der Waals surface area contributed by atoms with Gasteiger partial charge in [0.1, 0.15) is 5.76 Å². The van der Waals surface area contributed by atoms with Crippen molar-refractivity contribution in [2.24, 2.45) is 0 Å². The lowest BCUT2D eigenvalue weighted by molar-refractivity contribution is -0.121. The first kappa shape index (κ1) is 18.3. The Bertz CT molecular complexity index is 758. The van der Waals surface area contributed by atoms with E-state index in [-0.39, 0.29) is 5.91 Å². The lowest BCUT2D eigenvalue weighted by Gasteiger charge is -2.11. The molecule has 0 saturated heterocycles. The van der Waals surface area contributed by atoms with Crippen molar-refractivity contribution >= 4 is 5.91 Å². The minimum absolute atomic E-state index is 0.0598. The molecule has 7 heteroatoms. The Hall–Kier alpha value is -3.01. The highest BCUT2D eigenvalue weighted by Crippen LogP contribution is 2.27. The molecule has 0 aliphatic rings. The average Bonchev–Trinajstić information content (AvgIpc) is 2.94. The first-order valence-corrected chi connectivity index (χ1v) is 7.94. The summed E-state index contributed by atoms with van der Waals surface area (Å²) in [4.78, 5) is 11.9. The Balaban J connectivity index is 1.74. The van der Waals surface area contributed by atoms with Gasteiger partial charge in [0, 0.05) is 24.6 Å². The number of methoxy groups -OCH3 is 1. The van der Waals surface area contributed by atoms with Crippen LogP contribution in [-0.2, 0) is 11.3 Å². The van der Waals surface area contributed by atoms with Gasteiger partial charge in [-0.15, -0.1) is 0 Å². The van der Waals surface area contributed by atoms with Gasteiger partial charge in [-0.1, -0.05) is 5.16 Å². The van der Waals surface area contributed by atoms with Crippen LogP contribution in [-0.4, -0.2) is 24.8 Å². The summed E-state index contributed by atoms with van der Waals surface area (Å²) in [6.45, 7) is 4.45. The van der Waals surface area contributed by atoms with Gasteiger partial charge in [0.2, 0.25) is 5.91 Å². The van der Waals surface area contributed by atoms with E-state index in [1.165, 1.54) is 7.11 Å². The molecule has 1 aromatic carbocycles. The van der Waals surface area contributed by atoms with E-state index in [4.69, 9.17) is 19.3 Å². The number of ether oxygens (including phenoxy) is 2. The molecule has 1 heterocycles. The molecule has 0 aliphatic heterocycles. The number of carbonyl (C=O) groups excluding carboxylic acids is 1. The van der Waals surface area contributed by atoms with E-state index in [0.717, 1.165) is 11.3 Å². The van der Waals surface area contributed by atoms with Crippen LogP contribution in [0, 0.1) is 25.2 Å². The van der Waals surface area contributed by atoms with Crippen molar-refractivity contribution in [3.8, 4) is 17.6 Å². The quantitative estimate of drug-likeness (QED) is 0.740. The van der Waals surface area contributed by atoms with E-state index in [9.17, 15) is 4.79 Å².